The van der Waals surface area contributed by atoms with Gasteiger partial charge in [0.2, 0.25) is 11.8 Å². The zero-order valence-electron chi connectivity index (χ0n) is 11.4. The third-order valence-corrected chi connectivity index (χ3v) is 3.03. The van der Waals surface area contributed by atoms with E-state index >= 15 is 0 Å². The van der Waals surface area contributed by atoms with Gasteiger partial charge in [-0.1, -0.05) is 36.4 Å². The lowest BCUT2D eigenvalue weighted by Crippen LogP contribution is -2.23. The lowest BCUT2D eigenvalue weighted by atomic mass is 9.90. The van der Waals surface area contributed by atoms with Gasteiger partial charge >= 0.3 is 6.09 Å². The Balaban J connectivity index is 2.42. The first-order valence-corrected chi connectivity index (χ1v) is 6.28. The number of primary amides is 2. The van der Waals surface area contributed by atoms with Crippen LogP contribution in [-0.2, 0) is 4.79 Å². The minimum absolute atomic E-state index is 0.0834. The standard InChI is InChI=1S/C15H15N3O3/c1-9-11(7-8-12(18-9)21-15(17)20)13(14(16)19)10-5-3-2-4-6-10/h2-8,13H,1H3,(H2,16,19)(H2,17,20). The van der Waals surface area contributed by atoms with E-state index in [0.717, 1.165) is 5.56 Å². The molecule has 108 valence electrons. The van der Waals surface area contributed by atoms with Gasteiger partial charge in [-0.2, -0.15) is 0 Å². The molecule has 0 aliphatic rings. The molecule has 2 rings (SSSR count). The van der Waals surface area contributed by atoms with Gasteiger partial charge in [0.25, 0.3) is 0 Å². The number of amides is 2. The summed E-state index contributed by atoms with van der Waals surface area (Å²) < 4.78 is 4.71. The Labute approximate surface area is 121 Å². The number of hydrogen-bond acceptors (Lipinski definition) is 4. The third-order valence-electron chi connectivity index (χ3n) is 3.03. The van der Waals surface area contributed by atoms with Gasteiger partial charge in [-0.3, -0.25) is 4.79 Å². The summed E-state index contributed by atoms with van der Waals surface area (Å²) in [7, 11) is 0. The molecule has 0 spiro atoms. The van der Waals surface area contributed by atoms with E-state index in [4.69, 9.17) is 16.2 Å². The average Bonchev–Trinajstić information content (AvgIpc) is 2.42. The van der Waals surface area contributed by atoms with E-state index in [0.29, 0.717) is 11.3 Å². The van der Waals surface area contributed by atoms with Crippen molar-refractivity contribution in [3.8, 4) is 5.88 Å². The normalized spacial score (nSPS) is 11.7. The Morgan fingerprint density at radius 1 is 1.10 bits per heavy atom. The molecule has 1 heterocycles. The van der Waals surface area contributed by atoms with Crippen LogP contribution in [0.1, 0.15) is 22.7 Å². The van der Waals surface area contributed by atoms with Gasteiger partial charge in [0.15, 0.2) is 0 Å². The highest BCUT2D eigenvalue weighted by molar-refractivity contribution is 5.86. The van der Waals surface area contributed by atoms with Crippen molar-refractivity contribution in [3.63, 3.8) is 0 Å². The van der Waals surface area contributed by atoms with Crippen LogP contribution in [0.3, 0.4) is 0 Å². The molecule has 0 saturated heterocycles. The summed E-state index contributed by atoms with van der Waals surface area (Å²) in [6, 6.07) is 12.3. The third kappa shape index (κ3) is 3.36. The number of nitrogens with zero attached hydrogens (tertiary/aromatic N) is 1. The highest BCUT2D eigenvalue weighted by Gasteiger charge is 2.22. The molecule has 6 heteroatoms. The van der Waals surface area contributed by atoms with Gasteiger partial charge in [0, 0.05) is 11.8 Å². The quantitative estimate of drug-likeness (QED) is 0.886. The lowest BCUT2D eigenvalue weighted by molar-refractivity contribution is -0.118. The number of pyridine rings is 1. The van der Waals surface area contributed by atoms with Crippen LogP contribution in [0.4, 0.5) is 4.79 Å². The molecule has 1 atom stereocenters. The van der Waals surface area contributed by atoms with Gasteiger partial charge < -0.3 is 16.2 Å². The molecule has 0 radical (unpaired) electrons. The molecule has 0 fully saturated rings. The smallest absolute Gasteiger partial charge is 0.391 e. The second kappa shape index (κ2) is 6.04. The number of carbonyl (C=O) groups is 2. The largest absolute Gasteiger partial charge is 0.411 e. The van der Waals surface area contributed by atoms with Crippen molar-refractivity contribution in [2.75, 3.05) is 0 Å². The van der Waals surface area contributed by atoms with Crippen LogP contribution < -0.4 is 16.2 Å². The van der Waals surface area contributed by atoms with Crippen molar-refractivity contribution in [2.45, 2.75) is 12.8 Å². The number of aromatic nitrogens is 1. The second-order valence-electron chi connectivity index (χ2n) is 4.49. The minimum Gasteiger partial charge on any atom is -0.391 e. The minimum atomic E-state index is -0.941. The fraction of sp³-hybridized carbons (Fsp3) is 0.133. The van der Waals surface area contributed by atoms with Crippen molar-refractivity contribution in [1.82, 2.24) is 4.98 Å². The Kier molecular flexibility index (Phi) is 4.18. The summed E-state index contributed by atoms with van der Waals surface area (Å²) in [5.74, 6) is -1.00. The maximum absolute atomic E-state index is 11.8. The molecule has 1 aromatic carbocycles. The van der Waals surface area contributed by atoms with Crippen LogP contribution in [0, 0.1) is 6.92 Å². The van der Waals surface area contributed by atoms with Crippen molar-refractivity contribution < 1.29 is 14.3 Å². The second-order valence-corrected chi connectivity index (χ2v) is 4.49. The van der Waals surface area contributed by atoms with Crippen molar-refractivity contribution in [3.05, 3.63) is 59.3 Å². The molecule has 6 nitrogen and oxygen atoms in total. The summed E-state index contributed by atoms with van der Waals surface area (Å²) in [5.41, 5.74) is 12.4. The Morgan fingerprint density at radius 2 is 1.76 bits per heavy atom. The first-order chi connectivity index (χ1) is 9.99. The number of ether oxygens (including phenoxy) is 1. The zero-order chi connectivity index (χ0) is 15.4. The van der Waals surface area contributed by atoms with Crippen molar-refractivity contribution in [2.24, 2.45) is 11.5 Å². The van der Waals surface area contributed by atoms with Crippen LogP contribution >= 0.6 is 0 Å². The van der Waals surface area contributed by atoms with Gasteiger partial charge in [0.1, 0.15) is 0 Å². The Morgan fingerprint density at radius 3 is 2.29 bits per heavy atom. The number of nitrogens with two attached hydrogens (primary N) is 2. The van der Waals surface area contributed by atoms with Crippen LogP contribution in [-0.4, -0.2) is 17.0 Å². The van der Waals surface area contributed by atoms with E-state index in [1.165, 1.54) is 6.07 Å². The number of hydrogen-bond donors (Lipinski definition) is 2. The van der Waals surface area contributed by atoms with Gasteiger partial charge in [0.05, 0.1) is 5.92 Å². The maximum atomic E-state index is 11.8. The number of rotatable bonds is 4. The fourth-order valence-corrected chi connectivity index (χ4v) is 2.16. The molecular formula is C15H15N3O3. The number of carbonyl (C=O) groups excluding carboxylic acids is 2. The van der Waals surface area contributed by atoms with E-state index in [2.05, 4.69) is 4.98 Å². The Bertz CT molecular complexity index is 671. The maximum Gasteiger partial charge on any atom is 0.411 e. The number of aryl methyl sites for hydroxylation is 1. The lowest BCUT2D eigenvalue weighted by Gasteiger charge is -2.16. The summed E-state index contributed by atoms with van der Waals surface area (Å²) in [6.07, 6.45) is -0.941. The van der Waals surface area contributed by atoms with Gasteiger partial charge in [-0.15, -0.1) is 0 Å². The predicted octanol–water partition coefficient (Wildman–Crippen LogP) is 1.46. The summed E-state index contributed by atoms with van der Waals surface area (Å²) in [5, 5.41) is 0. The molecule has 0 aliphatic heterocycles. The van der Waals surface area contributed by atoms with Crippen molar-refractivity contribution >= 4 is 12.0 Å². The first-order valence-electron chi connectivity index (χ1n) is 6.28. The molecule has 0 saturated carbocycles. The van der Waals surface area contributed by atoms with Gasteiger partial charge in [-0.05, 0) is 18.1 Å². The molecule has 0 bridgehead atoms. The summed E-state index contributed by atoms with van der Waals surface area (Å²) >= 11 is 0. The monoisotopic (exact) mass is 285 g/mol. The molecule has 4 N–H and O–H groups in total. The van der Waals surface area contributed by atoms with Crippen molar-refractivity contribution in [1.29, 1.82) is 0 Å². The molecule has 2 aromatic rings. The van der Waals surface area contributed by atoms with E-state index < -0.39 is 17.9 Å². The zero-order valence-corrected chi connectivity index (χ0v) is 11.4. The molecule has 21 heavy (non-hydrogen) atoms. The highest BCUT2D eigenvalue weighted by Crippen LogP contribution is 2.27. The SMILES string of the molecule is Cc1nc(OC(N)=O)ccc1C(C(N)=O)c1ccccc1. The van der Waals surface area contributed by atoms with E-state index in [1.54, 1.807) is 13.0 Å². The topological polar surface area (TPSA) is 108 Å². The van der Waals surface area contributed by atoms with E-state index in [-0.39, 0.29) is 5.88 Å². The molecule has 2 amide bonds. The van der Waals surface area contributed by atoms with Crippen LogP contribution in [0.15, 0.2) is 42.5 Å². The summed E-state index contributed by atoms with van der Waals surface area (Å²) in [4.78, 5) is 26.6. The van der Waals surface area contributed by atoms with Crippen LogP contribution in [0.25, 0.3) is 0 Å². The van der Waals surface area contributed by atoms with Crippen LogP contribution in [0.5, 0.6) is 5.88 Å². The molecular weight excluding hydrogens is 270 g/mol. The van der Waals surface area contributed by atoms with E-state index in [9.17, 15) is 9.59 Å². The van der Waals surface area contributed by atoms with Crippen LogP contribution in [0.2, 0.25) is 0 Å². The summed E-state index contributed by atoms with van der Waals surface area (Å²) in [6.45, 7) is 1.71. The predicted molar refractivity (Wildman–Crippen MR) is 76.7 cm³/mol. The average molecular weight is 285 g/mol. The number of benzene rings is 1. The molecule has 1 aromatic heterocycles. The molecule has 1 unspecified atom stereocenters. The Hall–Kier alpha value is -2.89. The highest BCUT2D eigenvalue weighted by atomic mass is 16.6. The van der Waals surface area contributed by atoms with E-state index in [1.807, 2.05) is 30.3 Å². The fourth-order valence-electron chi connectivity index (χ4n) is 2.16. The first kappa shape index (κ1) is 14.5. The van der Waals surface area contributed by atoms with Gasteiger partial charge in [-0.25, -0.2) is 9.78 Å². The molecule has 0 aliphatic carbocycles.